The van der Waals surface area contributed by atoms with Crippen molar-refractivity contribution < 1.29 is 5.11 Å². The van der Waals surface area contributed by atoms with Crippen molar-refractivity contribution in [1.82, 2.24) is 24.9 Å². The zero-order chi connectivity index (χ0) is 17.8. The van der Waals surface area contributed by atoms with Crippen molar-refractivity contribution in [2.45, 2.75) is 25.8 Å². The third-order valence-electron chi connectivity index (χ3n) is 5.29. The minimum Gasteiger partial charge on any atom is -0.507 e. The van der Waals surface area contributed by atoms with E-state index < -0.39 is 0 Å². The van der Waals surface area contributed by atoms with Gasteiger partial charge in [-0.1, -0.05) is 0 Å². The molecule has 0 amide bonds. The van der Waals surface area contributed by atoms with Gasteiger partial charge in [0.2, 0.25) is 0 Å². The second-order valence-corrected chi connectivity index (χ2v) is 8.13. The van der Waals surface area contributed by atoms with Crippen LogP contribution in [0.1, 0.15) is 24.4 Å². The third kappa shape index (κ3) is 2.42. The number of rotatable bonds is 2. The van der Waals surface area contributed by atoms with Crippen LogP contribution >= 0.6 is 11.3 Å². The number of nitrogens with zero attached hydrogens (tertiary/aromatic N) is 4. The van der Waals surface area contributed by atoms with Gasteiger partial charge in [-0.3, -0.25) is 9.36 Å². The predicted octanol–water partition coefficient (Wildman–Crippen LogP) is 3.59. The summed E-state index contributed by atoms with van der Waals surface area (Å²) < 4.78 is 3.91. The lowest BCUT2D eigenvalue weighted by atomic mass is 10.0. The van der Waals surface area contributed by atoms with Crippen molar-refractivity contribution in [3.05, 3.63) is 30.1 Å². The average molecular weight is 367 g/mol. The zero-order valence-corrected chi connectivity index (χ0v) is 15.7. The van der Waals surface area contributed by atoms with E-state index in [1.54, 1.807) is 16.0 Å². The van der Waals surface area contributed by atoms with Gasteiger partial charge in [0.25, 0.3) is 0 Å². The van der Waals surface area contributed by atoms with Crippen LogP contribution in [0, 0.1) is 6.92 Å². The van der Waals surface area contributed by atoms with Crippen LogP contribution < -0.4 is 5.32 Å². The Labute approximate surface area is 155 Å². The van der Waals surface area contributed by atoms with Crippen molar-refractivity contribution >= 4 is 32.5 Å². The van der Waals surface area contributed by atoms with Crippen molar-refractivity contribution in [2.24, 2.45) is 7.05 Å². The first-order valence-electron chi connectivity index (χ1n) is 8.96. The van der Waals surface area contributed by atoms with Gasteiger partial charge in [0.05, 0.1) is 11.6 Å². The summed E-state index contributed by atoms with van der Waals surface area (Å²) in [5.41, 5.74) is 2.54. The number of aromatic hydroxyl groups is 1. The maximum absolute atomic E-state index is 10.7. The third-order valence-corrected chi connectivity index (χ3v) is 6.36. The summed E-state index contributed by atoms with van der Waals surface area (Å²) in [6.07, 6.45) is 6.39. The molecule has 5 rings (SSSR count). The van der Waals surface area contributed by atoms with E-state index >= 15 is 0 Å². The molecule has 0 saturated carbocycles. The average Bonchev–Trinajstić information content (AvgIpc) is 3.31. The fraction of sp³-hybridized carbons (Fsp3) is 0.368. The number of nitrogens with one attached hydrogen (secondary N) is 1. The standard InChI is InChI=1S/C19H21N5OS/c1-11-17-12(9-23(2)21-17)7-15(18(11)25)16-8-13-10-24(22-19(13)26-16)14-3-5-20-6-4-14/h7-10,14,20,25H,3-6H2,1-2H3. The Bertz CT molecular complexity index is 1080. The Balaban J connectivity index is 1.57. The molecule has 1 saturated heterocycles. The Morgan fingerprint density at radius 1 is 1.15 bits per heavy atom. The van der Waals surface area contributed by atoms with Gasteiger partial charge < -0.3 is 10.4 Å². The van der Waals surface area contributed by atoms with Crippen LogP contribution in [-0.4, -0.2) is 37.8 Å². The number of thiophene rings is 1. The fourth-order valence-electron chi connectivity index (χ4n) is 3.86. The molecule has 1 aromatic carbocycles. The smallest absolute Gasteiger partial charge is 0.146 e. The molecule has 0 bridgehead atoms. The van der Waals surface area contributed by atoms with Gasteiger partial charge in [-0.25, -0.2) is 0 Å². The molecule has 2 N–H and O–H groups in total. The molecular formula is C19H21N5OS. The van der Waals surface area contributed by atoms with E-state index in [0.717, 1.165) is 63.1 Å². The van der Waals surface area contributed by atoms with Crippen LogP contribution in [0.4, 0.5) is 0 Å². The number of phenolic OH excluding ortho intramolecular Hbond substituents is 1. The number of aryl methyl sites for hydroxylation is 2. The van der Waals surface area contributed by atoms with Crippen molar-refractivity contribution in [3.63, 3.8) is 0 Å². The number of fused-ring (bicyclic) bond motifs is 2. The van der Waals surface area contributed by atoms with Gasteiger partial charge in [0, 0.05) is 46.2 Å². The number of phenols is 1. The molecule has 4 heterocycles. The Hall–Kier alpha value is -2.38. The molecule has 6 nitrogen and oxygen atoms in total. The molecule has 3 aromatic heterocycles. The lowest BCUT2D eigenvalue weighted by Crippen LogP contribution is -2.29. The molecule has 26 heavy (non-hydrogen) atoms. The van der Waals surface area contributed by atoms with E-state index in [2.05, 4.69) is 27.4 Å². The normalized spacial score (nSPS) is 16.1. The number of hydrogen-bond donors (Lipinski definition) is 2. The molecule has 1 fully saturated rings. The molecule has 1 aliphatic rings. The highest BCUT2D eigenvalue weighted by Gasteiger charge is 2.19. The SMILES string of the molecule is Cc1c(O)c(-c2cc3cn(C4CCNCC4)nc3s2)cc2cn(C)nc12. The lowest BCUT2D eigenvalue weighted by molar-refractivity contribution is 0.345. The zero-order valence-electron chi connectivity index (χ0n) is 14.9. The summed E-state index contributed by atoms with van der Waals surface area (Å²) in [6, 6.07) is 4.65. The largest absolute Gasteiger partial charge is 0.507 e. The van der Waals surface area contributed by atoms with Gasteiger partial charge in [-0.05, 0) is 45.0 Å². The van der Waals surface area contributed by atoms with Gasteiger partial charge >= 0.3 is 0 Å². The molecule has 4 aromatic rings. The molecule has 0 spiro atoms. The van der Waals surface area contributed by atoms with Crippen LogP contribution in [0.25, 0.3) is 31.6 Å². The van der Waals surface area contributed by atoms with Crippen LogP contribution in [0.5, 0.6) is 5.75 Å². The van der Waals surface area contributed by atoms with Gasteiger partial charge in [0.1, 0.15) is 10.6 Å². The highest BCUT2D eigenvalue weighted by Crippen LogP contribution is 2.41. The second-order valence-electron chi connectivity index (χ2n) is 7.10. The van der Waals surface area contributed by atoms with E-state index in [0.29, 0.717) is 11.8 Å². The molecule has 7 heteroatoms. The molecule has 0 unspecified atom stereocenters. The van der Waals surface area contributed by atoms with Crippen LogP contribution in [0.15, 0.2) is 24.5 Å². The van der Waals surface area contributed by atoms with Crippen molar-refractivity contribution in [3.8, 4) is 16.2 Å². The molecule has 0 aliphatic carbocycles. The topological polar surface area (TPSA) is 67.9 Å². The number of benzene rings is 1. The first-order chi connectivity index (χ1) is 12.6. The minimum absolute atomic E-state index is 0.311. The molecule has 1 aliphatic heterocycles. The fourth-order valence-corrected chi connectivity index (χ4v) is 4.89. The van der Waals surface area contributed by atoms with E-state index in [1.165, 1.54) is 0 Å². The summed E-state index contributed by atoms with van der Waals surface area (Å²) in [5, 5.41) is 25.5. The Kier molecular flexibility index (Phi) is 3.55. The van der Waals surface area contributed by atoms with Crippen molar-refractivity contribution in [1.29, 1.82) is 0 Å². The highest BCUT2D eigenvalue weighted by atomic mass is 32.1. The molecular weight excluding hydrogens is 346 g/mol. The van der Waals surface area contributed by atoms with E-state index in [-0.39, 0.29) is 0 Å². The number of aromatic nitrogens is 4. The summed E-state index contributed by atoms with van der Waals surface area (Å²) >= 11 is 1.64. The highest BCUT2D eigenvalue weighted by molar-refractivity contribution is 7.21. The predicted molar refractivity (Wildman–Crippen MR) is 105 cm³/mol. The second kappa shape index (κ2) is 5.82. The number of hydrogen-bond acceptors (Lipinski definition) is 5. The van der Waals surface area contributed by atoms with Crippen molar-refractivity contribution in [2.75, 3.05) is 13.1 Å². The van der Waals surface area contributed by atoms with Gasteiger partial charge in [-0.2, -0.15) is 10.2 Å². The first kappa shape index (κ1) is 15.8. The quantitative estimate of drug-likeness (QED) is 0.568. The summed E-state index contributed by atoms with van der Waals surface area (Å²) in [5.74, 6) is 0.311. The molecule has 0 radical (unpaired) electrons. The maximum atomic E-state index is 10.7. The van der Waals surface area contributed by atoms with E-state index in [9.17, 15) is 5.11 Å². The Morgan fingerprint density at radius 3 is 2.73 bits per heavy atom. The summed E-state index contributed by atoms with van der Waals surface area (Å²) in [6.45, 7) is 4.04. The molecule has 134 valence electrons. The van der Waals surface area contributed by atoms with Gasteiger partial charge in [-0.15, -0.1) is 11.3 Å². The van der Waals surface area contributed by atoms with E-state index in [4.69, 9.17) is 5.10 Å². The van der Waals surface area contributed by atoms with Gasteiger partial charge in [0.15, 0.2) is 0 Å². The van der Waals surface area contributed by atoms with Crippen LogP contribution in [0.2, 0.25) is 0 Å². The van der Waals surface area contributed by atoms with E-state index in [1.807, 2.05) is 26.2 Å². The number of piperidine rings is 1. The van der Waals surface area contributed by atoms with Crippen LogP contribution in [-0.2, 0) is 7.05 Å². The summed E-state index contributed by atoms with van der Waals surface area (Å²) in [4.78, 5) is 2.08. The monoisotopic (exact) mass is 367 g/mol. The summed E-state index contributed by atoms with van der Waals surface area (Å²) in [7, 11) is 1.90. The van der Waals surface area contributed by atoms with Crippen LogP contribution in [0.3, 0.4) is 0 Å². The first-order valence-corrected chi connectivity index (χ1v) is 9.77. The maximum Gasteiger partial charge on any atom is 0.146 e. The minimum atomic E-state index is 0.311. The Morgan fingerprint density at radius 2 is 1.96 bits per heavy atom. The molecule has 0 atom stereocenters. The lowest BCUT2D eigenvalue weighted by Gasteiger charge is -2.22.